The summed E-state index contributed by atoms with van der Waals surface area (Å²) in [6.45, 7) is 1.83. The number of halogens is 2. The number of hydrogen-bond donors (Lipinski definition) is 1. The Morgan fingerprint density at radius 2 is 2.33 bits per heavy atom. The summed E-state index contributed by atoms with van der Waals surface area (Å²) < 4.78 is 12.9. The summed E-state index contributed by atoms with van der Waals surface area (Å²) in [6.07, 6.45) is 0.430. The van der Waals surface area contributed by atoms with Crippen molar-refractivity contribution in [1.29, 1.82) is 0 Å². The van der Waals surface area contributed by atoms with Crippen LogP contribution in [0.3, 0.4) is 0 Å². The van der Waals surface area contributed by atoms with Crippen LogP contribution >= 0.6 is 15.9 Å². The summed E-state index contributed by atoms with van der Waals surface area (Å²) in [7, 11) is 0. The van der Waals surface area contributed by atoms with Crippen LogP contribution in [0.1, 0.15) is 24.9 Å². The highest BCUT2D eigenvalue weighted by Crippen LogP contribution is 2.13. The summed E-state index contributed by atoms with van der Waals surface area (Å²) in [5.74, 6) is -0.322. The van der Waals surface area contributed by atoms with E-state index in [9.17, 15) is 9.18 Å². The smallest absolute Gasteiger partial charge is 0.221 e. The molecule has 0 saturated heterocycles. The topological polar surface area (TPSA) is 29.1 Å². The van der Waals surface area contributed by atoms with Crippen molar-refractivity contribution in [3.05, 3.63) is 35.6 Å². The molecule has 82 valence electrons. The molecule has 0 saturated carbocycles. The standard InChI is InChI=1S/C11H13BrFNO/c1-8(14-11(15)5-6-12)9-3-2-4-10(13)7-9/h2-4,7-8H,5-6H2,1H3,(H,14,15). The number of benzene rings is 1. The summed E-state index contributed by atoms with van der Waals surface area (Å²) >= 11 is 3.19. The molecule has 0 aromatic heterocycles. The van der Waals surface area contributed by atoms with E-state index < -0.39 is 0 Å². The van der Waals surface area contributed by atoms with Gasteiger partial charge in [0.2, 0.25) is 5.91 Å². The van der Waals surface area contributed by atoms with Crippen LogP contribution in [0.25, 0.3) is 0 Å². The van der Waals surface area contributed by atoms with Crippen molar-refractivity contribution < 1.29 is 9.18 Å². The molecule has 0 aliphatic rings. The zero-order valence-corrected chi connectivity index (χ0v) is 10.1. The quantitative estimate of drug-likeness (QED) is 0.840. The van der Waals surface area contributed by atoms with Gasteiger partial charge in [0.15, 0.2) is 0 Å². The Labute approximate surface area is 97.0 Å². The fraction of sp³-hybridized carbons (Fsp3) is 0.364. The predicted octanol–water partition coefficient (Wildman–Crippen LogP) is 2.79. The number of carbonyl (C=O) groups excluding carboxylic acids is 1. The molecular weight excluding hydrogens is 261 g/mol. The van der Waals surface area contributed by atoms with E-state index >= 15 is 0 Å². The van der Waals surface area contributed by atoms with Crippen molar-refractivity contribution in [2.24, 2.45) is 0 Å². The summed E-state index contributed by atoms with van der Waals surface area (Å²) in [5.41, 5.74) is 0.776. The van der Waals surface area contributed by atoms with Gasteiger partial charge in [-0.3, -0.25) is 4.79 Å². The first-order valence-corrected chi connectivity index (χ1v) is 5.86. The highest BCUT2D eigenvalue weighted by Gasteiger charge is 2.09. The average molecular weight is 274 g/mol. The number of alkyl halides is 1. The van der Waals surface area contributed by atoms with E-state index in [0.29, 0.717) is 11.8 Å². The minimum absolute atomic E-state index is 0.0383. The van der Waals surface area contributed by atoms with Gasteiger partial charge in [0.1, 0.15) is 5.82 Å². The third-order valence-electron chi connectivity index (χ3n) is 2.05. The van der Waals surface area contributed by atoms with E-state index in [4.69, 9.17) is 0 Å². The van der Waals surface area contributed by atoms with Crippen molar-refractivity contribution in [2.75, 3.05) is 5.33 Å². The second-order valence-corrected chi connectivity index (χ2v) is 4.08. The van der Waals surface area contributed by atoms with Crippen molar-refractivity contribution in [1.82, 2.24) is 5.32 Å². The molecule has 1 atom stereocenters. The molecule has 1 rings (SSSR count). The number of rotatable bonds is 4. The monoisotopic (exact) mass is 273 g/mol. The first-order valence-electron chi connectivity index (χ1n) is 4.74. The largest absolute Gasteiger partial charge is 0.350 e. The van der Waals surface area contributed by atoms with E-state index in [1.165, 1.54) is 12.1 Å². The van der Waals surface area contributed by atoms with Crippen LogP contribution in [0.5, 0.6) is 0 Å². The van der Waals surface area contributed by atoms with Gasteiger partial charge in [0.25, 0.3) is 0 Å². The SMILES string of the molecule is CC(NC(=O)CCBr)c1cccc(F)c1. The average Bonchev–Trinajstić information content (AvgIpc) is 2.18. The molecule has 1 aromatic carbocycles. The highest BCUT2D eigenvalue weighted by molar-refractivity contribution is 9.09. The van der Waals surface area contributed by atoms with Gasteiger partial charge >= 0.3 is 0 Å². The van der Waals surface area contributed by atoms with E-state index in [0.717, 1.165) is 5.56 Å². The van der Waals surface area contributed by atoms with E-state index in [1.54, 1.807) is 12.1 Å². The predicted molar refractivity (Wildman–Crippen MR) is 61.4 cm³/mol. The lowest BCUT2D eigenvalue weighted by Crippen LogP contribution is -2.26. The molecule has 1 unspecified atom stereocenters. The zero-order chi connectivity index (χ0) is 11.3. The third-order valence-corrected chi connectivity index (χ3v) is 2.44. The van der Waals surface area contributed by atoms with Crippen molar-refractivity contribution in [3.63, 3.8) is 0 Å². The molecule has 1 amide bonds. The lowest BCUT2D eigenvalue weighted by Gasteiger charge is -2.13. The zero-order valence-electron chi connectivity index (χ0n) is 8.47. The van der Waals surface area contributed by atoms with Gasteiger partial charge in [-0.15, -0.1) is 0 Å². The summed E-state index contributed by atoms with van der Waals surface area (Å²) in [6, 6.07) is 6.09. The molecule has 0 fully saturated rings. The normalized spacial score (nSPS) is 12.2. The maximum atomic E-state index is 12.9. The Morgan fingerprint density at radius 1 is 1.60 bits per heavy atom. The van der Waals surface area contributed by atoms with Crippen molar-refractivity contribution in [2.45, 2.75) is 19.4 Å². The molecule has 0 spiro atoms. The van der Waals surface area contributed by atoms with Crippen LogP contribution in [0.15, 0.2) is 24.3 Å². The molecule has 0 aliphatic heterocycles. The van der Waals surface area contributed by atoms with Gasteiger partial charge in [-0.25, -0.2) is 4.39 Å². The van der Waals surface area contributed by atoms with Crippen LogP contribution in [0.4, 0.5) is 4.39 Å². The molecule has 0 aliphatic carbocycles. The molecule has 1 N–H and O–H groups in total. The van der Waals surface area contributed by atoms with Crippen LogP contribution in [-0.4, -0.2) is 11.2 Å². The number of hydrogen-bond acceptors (Lipinski definition) is 1. The molecule has 0 heterocycles. The minimum Gasteiger partial charge on any atom is -0.350 e. The van der Waals surface area contributed by atoms with Gasteiger partial charge in [-0.1, -0.05) is 28.1 Å². The Kier molecular flexibility index (Phi) is 4.75. The highest BCUT2D eigenvalue weighted by atomic mass is 79.9. The van der Waals surface area contributed by atoms with E-state index in [-0.39, 0.29) is 17.8 Å². The Morgan fingerprint density at radius 3 is 2.93 bits per heavy atom. The summed E-state index contributed by atoms with van der Waals surface area (Å²) in [4.78, 5) is 11.3. The maximum absolute atomic E-state index is 12.9. The van der Waals surface area contributed by atoms with Crippen LogP contribution < -0.4 is 5.32 Å². The second kappa shape index (κ2) is 5.85. The minimum atomic E-state index is -0.283. The maximum Gasteiger partial charge on any atom is 0.221 e. The van der Waals surface area contributed by atoms with Crippen molar-refractivity contribution >= 4 is 21.8 Å². The van der Waals surface area contributed by atoms with Crippen LogP contribution in [0.2, 0.25) is 0 Å². The fourth-order valence-corrected chi connectivity index (χ4v) is 1.62. The molecule has 1 aromatic rings. The van der Waals surface area contributed by atoms with Crippen LogP contribution in [0, 0.1) is 5.82 Å². The van der Waals surface area contributed by atoms with Gasteiger partial charge in [-0.2, -0.15) is 0 Å². The Hall–Kier alpha value is -0.900. The number of nitrogens with one attached hydrogen (secondary N) is 1. The van der Waals surface area contributed by atoms with Gasteiger partial charge in [-0.05, 0) is 24.6 Å². The first-order chi connectivity index (χ1) is 7.13. The van der Waals surface area contributed by atoms with Crippen molar-refractivity contribution in [3.8, 4) is 0 Å². The first kappa shape index (κ1) is 12.2. The number of carbonyl (C=O) groups is 1. The molecule has 4 heteroatoms. The van der Waals surface area contributed by atoms with E-state index in [2.05, 4.69) is 21.2 Å². The Bertz CT molecular complexity index is 343. The fourth-order valence-electron chi connectivity index (χ4n) is 1.26. The third kappa shape index (κ3) is 4.00. The molecule has 0 bridgehead atoms. The molecule has 2 nitrogen and oxygen atoms in total. The summed E-state index contributed by atoms with van der Waals surface area (Å²) in [5, 5.41) is 3.42. The molecular formula is C11H13BrFNO. The molecule has 15 heavy (non-hydrogen) atoms. The molecule has 0 radical (unpaired) electrons. The van der Waals surface area contributed by atoms with E-state index in [1.807, 2.05) is 6.92 Å². The van der Waals surface area contributed by atoms with Gasteiger partial charge < -0.3 is 5.32 Å². The second-order valence-electron chi connectivity index (χ2n) is 3.28. The lowest BCUT2D eigenvalue weighted by molar-refractivity contribution is -0.121. The lowest BCUT2D eigenvalue weighted by atomic mass is 10.1. The Balaban J connectivity index is 2.60. The van der Waals surface area contributed by atoms with Crippen LogP contribution in [-0.2, 0) is 4.79 Å². The van der Waals surface area contributed by atoms with Gasteiger partial charge in [0, 0.05) is 11.8 Å². The number of amides is 1. The van der Waals surface area contributed by atoms with Gasteiger partial charge in [0.05, 0.1) is 6.04 Å².